The number of nitrogens with zero attached hydrogens (tertiary/aromatic N) is 1. The number of carbonyl (C=O) groups is 1. The van der Waals surface area contributed by atoms with E-state index in [9.17, 15) is 14.7 Å². The van der Waals surface area contributed by atoms with Crippen LogP contribution in [-0.2, 0) is 11.3 Å². The second-order valence-electron chi connectivity index (χ2n) is 6.69. The van der Waals surface area contributed by atoms with Gasteiger partial charge in [-0.3, -0.25) is 4.79 Å². The molecule has 0 aliphatic rings. The molecule has 0 atom stereocenters. The molecule has 0 bridgehead atoms. The van der Waals surface area contributed by atoms with Gasteiger partial charge in [0.05, 0.1) is 24.7 Å². The highest BCUT2D eigenvalue weighted by Gasteiger charge is 2.21. The van der Waals surface area contributed by atoms with Crippen molar-refractivity contribution in [3.8, 4) is 17.0 Å². The summed E-state index contributed by atoms with van der Waals surface area (Å²) in [5.74, 6) is -1.02. The molecule has 3 aromatic carbocycles. The fourth-order valence-electron chi connectivity index (χ4n) is 3.51. The molecule has 0 saturated heterocycles. The van der Waals surface area contributed by atoms with Gasteiger partial charge in [-0.15, -0.1) is 0 Å². The first-order chi connectivity index (χ1) is 14.1. The summed E-state index contributed by atoms with van der Waals surface area (Å²) >= 11 is 0. The van der Waals surface area contributed by atoms with Crippen LogP contribution in [0.1, 0.15) is 15.9 Å². The molecule has 1 aromatic heterocycles. The molecule has 5 nitrogen and oxygen atoms in total. The van der Waals surface area contributed by atoms with Gasteiger partial charge in [0.25, 0.3) is 5.56 Å². The number of hydrogen-bond acceptors (Lipinski definition) is 4. The lowest BCUT2D eigenvalue weighted by atomic mass is 10.0. The SMILES string of the molecule is COC(=O)c1c(O)ccc2cc(-c3ccccc3)n(Cc3ccccc3)c(=O)c12. The Balaban J connectivity index is 2.07. The summed E-state index contributed by atoms with van der Waals surface area (Å²) < 4.78 is 6.43. The first-order valence-corrected chi connectivity index (χ1v) is 9.17. The number of esters is 1. The number of methoxy groups -OCH3 is 1. The molecule has 4 rings (SSSR count). The molecule has 144 valence electrons. The fraction of sp³-hybridized carbons (Fsp3) is 0.0833. The van der Waals surface area contributed by atoms with Gasteiger partial charge in [-0.25, -0.2) is 4.79 Å². The molecule has 0 aliphatic heterocycles. The number of aromatic hydroxyl groups is 1. The van der Waals surface area contributed by atoms with Crippen LogP contribution in [0.3, 0.4) is 0 Å². The van der Waals surface area contributed by atoms with E-state index in [1.165, 1.54) is 13.2 Å². The van der Waals surface area contributed by atoms with Crippen LogP contribution in [0, 0.1) is 0 Å². The minimum Gasteiger partial charge on any atom is -0.507 e. The summed E-state index contributed by atoms with van der Waals surface area (Å²) in [5, 5.41) is 11.0. The Morgan fingerprint density at radius 3 is 2.28 bits per heavy atom. The summed E-state index contributed by atoms with van der Waals surface area (Å²) in [5.41, 5.74) is 2.09. The summed E-state index contributed by atoms with van der Waals surface area (Å²) in [7, 11) is 1.22. The predicted octanol–water partition coefficient (Wildman–Crippen LogP) is 4.21. The van der Waals surface area contributed by atoms with Crippen molar-refractivity contribution in [2.45, 2.75) is 6.54 Å². The average Bonchev–Trinajstić information content (AvgIpc) is 2.76. The third kappa shape index (κ3) is 3.38. The molecule has 0 unspecified atom stereocenters. The van der Waals surface area contributed by atoms with E-state index >= 15 is 0 Å². The van der Waals surface area contributed by atoms with E-state index in [4.69, 9.17) is 4.74 Å². The molecule has 0 amide bonds. The molecule has 0 radical (unpaired) electrons. The molecular formula is C24H19NO4. The molecule has 5 heteroatoms. The molecule has 29 heavy (non-hydrogen) atoms. The zero-order chi connectivity index (χ0) is 20.4. The van der Waals surface area contributed by atoms with E-state index in [-0.39, 0.29) is 22.3 Å². The topological polar surface area (TPSA) is 68.5 Å². The van der Waals surface area contributed by atoms with E-state index in [2.05, 4.69) is 0 Å². The maximum Gasteiger partial charge on any atom is 0.342 e. The fourth-order valence-corrected chi connectivity index (χ4v) is 3.51. The van der Waals surface area contributed by atoms with Crippen LogP contribution < -0.4 is 5.56 Å². The average molecular weight is 385 g/mol. The van der Waals surface area contributed by atoms with Crippen LogP contribution >= 0.6 is 0 Å². The van der Waals surface area contributed by atoms with Crippen molar-refractivity contribution < 1.29 is 14.6 Å². The number of aromatic nitrogens is 1. The highest BCUT2D eigenvalue weighted by Crippen LogP contribution is 2.29. The molecule has 0 spiro atoms. The van der Waals surface area contributed by atoms with E-state index in [1.54, 1.807) is 10.6 Å². The van der Waals surface area contributed by atoms with Crippen molar-refractivity contribution in [2.24, 2.45) is 0 Å². The monoisotopic (exact) mass is 385 g/mol. The zero-order valence-corrected chi connectivity index (χ0v) is 15.8. The van der Waals surface area contributed by atoms with Crippen molar-refractivity contribution in [1.29, 1.82) is 0 Å². The number of phenols is 1. The van der Waals surface area contributed by atoms with Gasteiger partial charge in [-0.05, 0) is 28.6 Å². The molecule has 1 N–H and O–H groups in total. The third-order valence-corrected chi connectivity index (χ3v) is 4.90. The number of benzene rings is 3. The Morgan fingerprint density at radius 1 is 0.966 bits per heavy atom. The maximum absolute atomic E-state index is 13.6. The quantitative estimate of drug-likeness (QED) is 0.535. The second-order valence-corrected chi connectivity index (χ2v) is 6.69. The molecule has 4 aromatic rings. The summed E-state index contributed by atoms with van der Waals surface area (Å²) in [6.07, 6.45) is 0. The van der Waals surface area contributed by atoms with Gasteiger partial charge in [-0.2, -0.15) is 0 Å². The van der Waals surface area contributed by atoms with Crippen molar-refractivity contribution in [2.75, 3.05) is 7.11 Å². The normalized spacial score (nSPS) is 10.8. The predicted molar refractivity (Wildman–Crippen MR) is 112 cm³/mol. The number of rotatable bonds is 4. The standard InChI is InChI=1S/C24H19NO4/c1-29-24(28)22-20(26)13-12-18-14-19(17-10-6-3-7-11-17)25(23(27)21(18)22)15-16-8-4-2-5-9-16/h2-14,26H,15H2,1H3. The van der Waals surface area contributed by atoms with Crippen LogP contribution in [0.25, 0.3) is 22.0 Å². The number of carbonyl (C=O) groups excluding carboxylic acids is 1. The molecule has 0 aliphatic carbocycles. The smallest absolute Gasteiger partial charge is 0.342 e. The number of hydrogen-bond donors (Lipinski definition) is 1. The Bertz CT molecular complexity index is 1240. The summed E-state index contributed by atoms with van der Waals surface area (Å²) in [4.78, 5) is 25.9. The van der Waals surface area contributed by atoms with Crippen LogP contribution in [0.4, 0.5) is 0 Å². The molecular weight excluding hydrogens is 366 g/mol. The van der Waals surface area contributed by atoms with E-state index in [0.29, 0.717) is 11.9 Å². The van der Waals surface area contributed by atoms with Crippen molar-refractivity contribution in [3.63, 3.8) is 0 Å². The molecule has 1 heterocycles. The summed E-state index contributed by atoms with van der Waals surface area (Å²) in [6.45, 7) is 0.329. The van der Waals surface area contributed by atoms with Gasteiger partial charge in [0, 0.05) is 0 Å². The number of ether oxygens (including phenoxy) is 1. The van der Waals surface area contributed by atoms with Crippen LogP contribution in [0.2, 0.25) is 0 Å². The first kappa shape index (κ1) is 18.5. The van der Waals surface area contributed by atoms with Crippen LogP contribution in [0.15, 0.2) is 83.7 Å². The lowest BCUT2D eigenvalue weighted by Crippen LogP contribution is -2.24. The molecule has 0 fully saturated rings. The van der Waals surface area contributed by atoms with E-state index < -0.39 is 5.97 Å². The number of phenolic OH excluding ortho intramolecular Hbond substituents is 1. The lowest BCUT2D eigenvalue weighted by molar-refractivity contribution is 0.0599. The number of pyridine rings is 1. The van der Waals surface area contributed by atoms with Crippen molar-refractivity contribution in [1.82, 2.24) is 4.57 Å². The van der Waals surface area contributed by atoms with Gasteiger partial charge in [0.2, 0.25) is 0 Å². The van der Waals surface area contributed by atoms with E-state index in [1.807, 2.05) is 66.7 Å². The van der Waals surface area contributed by atoms with Gasteiger partial charge in [-0.1, -0.05) is 66.7 Å². The molecule has 0 saturated carbocycles. The second kappa shape index (κ2) is 7.64. The van der Waals surface area contributed by atoms with Gasteiger partial charge >= 0.3 is 5.97 Å². The Kier molecular flexibility index (Phi) is 4.87. The van der Waals surface area contributed by atoms with E-state index in [0.717, 1.165) is 16.8 Å². The minimum atomic E-state index is -0.746. The lowest BCUT2D eigenvalue weighted by Gasteiger charge is -2.16. The Labute approximate surface area is 167 Å². The Morgan fingerprint density at radius 2 is 1.62 bits per heavy atom. The van der Waals surface area contributed by atoms with Crippen molar-refractivity contribution >= 4 is 16.7 Å². The van der Waals surface area contributed by atoms with Crippen LogP contribution in [0.5, 0.6) is 5.75 Å². The maximum atomic E-state index is 13.6. The zero-order valence-electron chi connectivity index (χ0n) is 15.8. The van der Waals surface area contributed by atoms with Gasteiger partial charge in [0.1, 0.15) is 11.3 Å². The van der Waals surface area contributed by atoms with Gasteiger partial charge in [0.15, 0.2) is 0 Å². The summed E-state index contributed by atoms with van der Waals surface area (Å²) in [6, 6.07) is 24.1. The number of fused-ring (bicyclic) bond motifs is 1. The third-order valence-electron chi connectivity index (χ3n) is 4.90. The highest BCUT2D eigenvalue weighted by atomic mass is 16.5. The first-order valence-electron chi connectivity index (χ1n) is 9.17. The van der Waals surface area contributed by atoms with Gasteiger partial charge < -0.3 is 14.4 Å². The highest BCUT2D eigenvalue weighted by molar-refractivity contribution is 6.07. The minimum absolute atomic E-state index is 0.114. The largest absolute Gasteiger partial charge is 0.507 e. The van der Waals surface area contributed by atoms with Crippen LogP contribution in [-0.4, -0.2) is 22.8 Å². The Hall–Kier alpha value is -3.86. The van der Waals surface area contributed by atoms with Crippen molar-refractivity contribution in [3.05, 3.63) is 100 Å².